The van der Waals surface area contributed by atoms with Crippen molar-refractivity contribution in [2.45, 2.75) is 64.1 Å². The van der Waals surface area contributed by atoms with E-state index in [-0.39, 0.29) is 12.0 Å². The third-order valence-corrected chi connectivity index (χ3v) is 6.43. The Balaban J connectivity index is 1.18. The van der Waals surface area contributed by atoms with E-state index < -0.39 is 0 Å². The maximum Gasteiger partial charge on any atom is 0.220 e. The van der Waals surface area contributed by atoms with Gasteiger partial charge in [-0.25, -0.2) is 0 Å². The number of piperidine rings is 1. The molecule has 1 saturated heterocycles. The number of aliphatic hydroxyl groups excluding tert-OH is 1. The topological polar surface area (TPSA) is 61.8 Å². The zero-order valence-corrected chi connectivity index (χ0v) is 18.3. The summed E-state index contributed by atoms with van der Waals surface area (Å²) in [5.74, 6) is 0.980. The van der Waals surface area contributed by atoms with Crippen LogP contribution in [0.1, 0.15) is 54.4 Å². The number of likely N-dealkylation sites (tertiary alicyclic amines) is 1. The zero-order valence-electron chi connectivity index (χ0n) is 18.3. The fourth-order valence-corrected chi connectivity index (χ4v) is 4.55. The second-order valence-corrected chi connectivity index (χ2v) is 8.79. The Morgan fingerprint density at radius 1 is 1.06 bits per heavy atom. The van der Waals surface area contributed by atoms with Gasteiger partial charge in [-0.05, 0) is 72.9 Å². The van der Waals surface area contributed by atoms with Crippen molar-refractivity contribution < 1.29 is 14.6 Å². The molecule has 1 heterocycles. The molecule has 0 unspecified atom stereocenters. The van der Waals surface area contributed by atoms with Gasteiger partial charge in [0.25, 0.3) is 0 Å². The van der Waals surface area contributed by atoms with Crippen LogP contribution in [0.4, 0.5) is 0 Å². The first-order valence-corrected chi connectivity index (χ1v) is 11.7. The van der Waals surface area contributed by atoms with Crippen molar-refractivity contribution in [1.82, 2.24) is 10.2 Å². The van der Waals surface area contributed by atoms with Crippen LogP contribution in [-0.2, 0) is 30.7 Å². The third kappa shape index (κ3) is 6.31. The van der Waals surface area contributed by atoms with Crippen LogP contribution >= 0.6 is 0 Å². The summed E-state index contributed by atoms with van der Waals surface area (Å²) < 4.78 is 5.85. The lowest BCUT2D eigenvalue weighted by Crippen LogP contribution is -2.35. The fraction of sp³-hybridized carbons (Fsp3) is 0.500. The number of hydrogen-bond donors (Lipinski definition) is 2. The molecule has 4 rings (SSSR count). The molecule has 0 aromatic heterocycles. The van der Waals surface area contributed by atoms with Gasteiger partial charge < -0.3 is 15.2 Å². The number of carbonyl (C=O) groups excluding carboxylic acids is 1. The number of nitrogens with zero attached hydrogens (tertiary/aromatic N) is 1. The van der Waals surface area contributed by atoms with Gasteiger partial charge in [0.05, 0.1) is 12.7 Å². The van der Waals surface area contributed by atoms with Crippen LogP contribution in [0.5, 0.6) is 5.75 Å². The van der Waals surface area contributed by atoms with Gasteiger partial charge in [0.15, 0.2) is 0 Å². The van der Waals surface area contributed by atoms with Crippen LogP contribution in [0, 0.1) is 0 Å². The van der Waals surface area contributed by atoms with Crippen LogP contribution in [0.25, 0.3) is 0 Å². The molecule has 0 bridgehead atoms. The highest BCUT2D eigenvalue weighted by Crippen LogP contribution is 2.26. The summed E-state index contributed by atoms with van der Waals surface area (Å²) >= 11 is 0. The van der Waals surface area contributed by atoms with Crippen molar-refractivity contribution in [2.75, 3.05) is 19.7 Å². The molecule has 31 heavy (non-hydrogen) atoms. The Hall–Kier alpha value is -2.37. The van der Waals surface area contributed by atoms with Crippen LogP contribution in [0.2, 0.25) is 0 Å². The highest BCUT2D eigenvalue weighted by atomic mass is 16.5. The minimum atomic E-state index is -0.155. The first kappa shape index (κ1) is 21.8. The van der Waals surface area contributed by atoms with Crippen LogP contribution in [0.3, 0.4) is 0 Å². The lowest BCUT2D eigenvalue weighted by molar-refractivity contribution is -0.121. The molecule has 0 radical (unpaired) electrons. The number of benzene rings is 2. The van der Waals surface area contributed by atoms with Gasteiger partial charge in [-0.3, -0.25) is 9.69 Å². The summed E-state index contributed by atoms with van der Waals surface area (Å²) in [6, 6.07) is 14.7. The van der Waals surface area contributed by atoms with E-state index in [0.29, 0.717) is 26.0 Å². The standard InChI is InChI=1S/C26H34N2O3/c29-24-12-14-28(15-13-24)19-23-6-2-1-5-22(23)18-27-26(30)9-4-16-31-25-11-10-20-7-3-8-21(20)17-25/h1-2,5-6,10-11,17,24,29H,3-4,7-9,12-16,18-19H2,(H,27,30). The molecule has 1 aliphatic heterocycles. The summed E-state index contributed by atoms with van der Waals surface area (Å²) in [7, 11) is 0. The molecule has 2 aromatic carbocycles. The summed E-state index contributed by atoms with van der Waals surface area (Å²) in [5, 5.41) is 12.8. The van der Waals surface area contributed by atoms with Crippen molar-refractivity contribution in [1.29, 1.82) is 0 Å². The monoisotopic (exact) mass is 422 g/mol. The molecule has 0 saturated carbocycles. The Morgan fingerprint density at radius 2 is 1.84 bits per heavy atom. The molecule has 5 nitrogen and oxygen atoms in total. The number of hydrogen-bond acceptors (Lipinski definition) is 4. The minimum absolute atomic E-state index is 0.0634. The highest BCUT2D eigenvalue weighted by Gasteiger charge is 2.18. The van der Waals surface area contributed by atoms with Gasteiger partial charge in [0.2, 0.25) is 5.91 Å². The predicted molar refractivity (Wildman–Crippen MR) is 122 cm³/mol. The second kappa shape index (κ2) is 10.8. The third-order valence-electron chi connectivity index (χ3n) is 6.43. The molecular formula is C26H34N2O3. The van der Waals surface area contributed by atoms with Gasteiger partial charge in [-0.15, -0.1) is 0 Å². The van der Waals surface area contributed by atoms with E-state index in [4.69, 9.17) is 4.74 Å². The summed E-state index contributed by atoms with van der Waals surface area (Å²) in [5.41, 5.74) is 5.27. The van der Waals surface area contributed by atoms with Crippen molar-refractivity contribution in [2.24, 2.45) is 0 Å². The minimum Gasteiger partial charge on any atom is -0.494 e. The normalized spacial score (nSPS) is 16.8. The number of carbonyl (C=O) groups is 1. The molecule has 0 spiro atoms. The van der Waals surface area contributed by atoms with E-state index in [0.717, 1.165) is 50.2 Å². The van der Waals surface area contributed by atoms with Gasteiger partial charge in [-0.2, -0.15) is 0 Å². The van der Waals surface area contributed by atoms with Crippen molar-refractivity contribution >= 4 is 5.91 Å². The first-order chi connectivity index (χ1) is 15.2. The zero-order chi connectivity index (χ0) is 21.5. The molecule has 1 fully saturated rings. The first-order valence-electron chi connectivity index (χ1n) is 11.7. The largest absolute Gasteiger partial charge is 0.494 e. The van der Waals surface area contributed by atoms with E-state index in [2.05, 4.69) is 40.5 Å². The molecular weight excluding hydrogens is 388 g/mol. The smallest absolute Gasteiger partial charge is 0.220 e. The predicted octanol–water partition coefficient (Wildman–Crippen LogP) is 3.61. The molecule has 5 heteroatoms. The lowest BCUT2D eigenvalue weighted by atomic mass is 10.0. The Morgan fingerprint density at radius 3 is 2.68 bits per heavy atom. The number of aliphatic hydroxyl groups is 1. The van der Waals surface area contributed by atoms with Gasteiger partial charge in [-0.1, -0.05) is 30.3 Å². The van der Waals surface area contributed by atoms with Crippen molar-refractivity contribution in [3.8, 4) is 5.75 Å². The number of amides is 1. The molecule has 1 aliphatic carbocycles. The average Bonchev–Trinajstić information content (AvgIpc) is 3.26. The van der Waals surface area contributed by atoms with E-state index >= 15 is 0 Å². The molecule has 1 amide bonds. The van der Waals surface area contributed by atoms with E-state index in [9.17, 15) is 9.90 Å². The van der Waals surface area contributed by atoms with Crippen LogP contribution in [-0.4, -0.2) is 41.7 Å². The number of ether oxygens (including phenoxy) is 1. The van der Waals surface area contributed by atoms with Gasteiger partial charge in [0, 0.05) is 32.6 Å². The molecule has 2 N–H and O–H groups in total. The molecule has 0 atom stereocenters. The van der Waals surface area contributed by atoms with Crippen LogP contribution < -0.4 is 10.1 Å². The van der Waals surface area contributed by atoms with E-state index in [1.54, 1.807) is 0 Å². The summed E-state index contributed by atoms with van der Waals surface area (Å²) in [6.07, 6.45) is 6.27. The summed E-state index contributed by atoms with van der Waals surface area (Å²) in [6.45, 7) is 3.83. The maximum absolute atomic E-state index is 12.3. The van der Waals surface area contributed by atoms with Gasteiger partial charge in [0.1, 0.15) is 5.75 Å². The fourth-order valence-electron chi connectivity index (χ4n) is 4.55. The lowest BCUT2D eigenvalue weighted by Gasteiger charge is -2.30. The van der Waals surface area contributed by atoms with Gasteiger partial charge >= 0.3 is 0 Å². The Bertz CT molecular complexity index is 875. The number of aryl methyl sites for hydroxylation is 2. The van der Waals surface area contributed by atoms with Crippen molar-refractivity contribution in [3.63, 3.8) is 0 Å². The SMILES string of the molecule is O=C(CCCOc1ccc2c(c1)CCC2)NCc1ccccc1CN1CCC(O)CC1. The molecule has 166 valence electrons. The molecule has 2 aromatic rings. The number of rotatable bonds is 9. The van der Waals surface area contributed by atoms with Crippen molar-refractivity contribution in [3.05, 3.63) is 64.7 Å². The number of nitrogens with one attached hydrogen (secondary N) is 1. The van der Waals surface area contributed by atoms with E-state index in [1.165, 1.54) is 29.5 Å². The Kier molecular flexibility index (Phi) is 7.60. The average molecular weight is 423 g/mol. The Labute approximate surface area is 185 Å². The second-order valence-electron chi connectivity index (χ2n) is 8.79. The quantitative estimate of drug-likeness (QED) is 0.606. The summed E-state index contributed by atoms with van der Waals surface area (Å²) in [4.78, 5) is 14.7. The van der Waals surface area contributed by atoms with Crippen LogP contribution in [0.15, 0.2) is 42.5 Å². The maximum atomic E-state index is 12.3. The highest BCUT2D eigenvalue weighted by molar-refractivity contribution is 5.75. The number of fused-ring (bicyclic) bond motifs is 1. The van der Waals surface area contributed by atoms with E-state index in [1.807, 2.05) is 12.1 Å². The molecule has 2 aliphatic rings.